The van der Waals surface area contributed by atoms with E-state index >= 15 is 0 Å². The molecule has 0 bridgehead atoms. The lowest BCUT2D eigenvalue weighted by Gasteiger charge is -2.15. The molecule has 30 heavy (non-hydrogen) atoms. The smallest absolute Gasteiger partial charge is 0.354 e. The van der Waals surface area contributed by atoms with Gasteiger partial charge in [-0.25, -0.2) is 19.1 Å². The van der Waals surface area contributed by atoms with E-state index in [9.17, 15) is 24.3 Å². The molecule has 11 heteroatoms. The van der Waals surface area contributed by atoms with Crippen LogP contribution in [-0.2, 0) is 4.74 Å². The lowest BCUT2D eigenvalue weighted by molar-refractivity contribution is 0.0599. The maximum atomic E-state index is 12.7. The lowest BCUT2D eigenvalue weighted by Crippen LogP contribution is -2.28. The number of fused-ring (bicyclic) bond motifs is 1. The number of nitrogens with two attached hydrogens (primary N) is 1. The van der Waals surface area contributed by atoms with Crippen molar-refractivity contribution in [1.82, 2.24) is 19.9 Å². The molecule has 0 fully saturated rings. The molecule has 11 nitrogen and oxygen atoms in total. The molecule has 0 aliphatic carbocycles. The third kappa shape index (κ3) is 3.81. The molecule has 0 aliphatic heterocycles. The number of hydrogen-bond acceptors (Lipinski definition) is 7. The summed E-state index contributed by atoms with van der Waals surface area (Å²) in [4.78, 5) is 51.4. The molecule has 154 valence electrons. The number of amides is 2. The highest BCUT2D eigenvalue weighted by Gasteiger charge is 2.22. The van der Waals surface area contributed by atoms with Crippen LogP contribution in [0.5, 0.6) is 0 Å². The Bertz CT molecular complexity index is 1170. The Balaban J connectivity index is 1.90. The number of aromatic nitrogens is 3. The van der Waals surface area contributed by atoms with E-state index in [2.05, 4.69) is 20.1 Å². The third-order valence-corrected chi connectivity index (χ3v) is 4.37. The fraction of sp³-hybridized carbons (Fsp3) is 0.158. The van der Waals surface area contributed by atoms with Crippen molar-refractivity contribution in [1.29, 1.82) is 0 Å². The first-order valence-corrected chi connectivity index (χ1v) is 8.64. The number of carboxylic acids is 1. The fourth-order valence-electron chi connectivity index (χ4n) is 2.78. The summed E-state index contributed by atoms with van der Waals surface area (Å²) < 4.78 is 5.56. The standard InChI is InChI=1S/C19H17N5O6/c1-9(10-3-5-11(6-4-10)19(29)30-2)22-17(26)13-7-14(18(27)28)24-16(23-13)12(8-21-24)15(20)25/h3-9H,1-2H3,(H2,20,25)(H,22,26)(H,27,28)/t9-/m1/s1. The number of nitrogens with one attached hydrogen (secondary N) is 1. The number of hydrogen-bond donors (Lipinski definition) is 3. The Hall–Kier alpha value is -4.28. The van der Waals surface area contributed by atoms with E-state index in [4.69, 9.17) is 5.73 Å². The molecule has 0 spiro atoms. The van der Waals surface area contributed by atoms with Crippen LogP contribution in [0.3, 0.4) is 0 Å². The molecule has 3 aromatic rings. The zero-order chi connectivity index (χ0) is 22.0. The van der Waals surface area contributed by atoms with Crippen LogP contribution in [0.4, 0.5) is 0 Å². The van der Waals surface area contributed by atoms with Gasteiger partial charge in [-0.15, -0.1) is 0 Å². The van der Waals surface area contributed by atoms with Crippen molar-refractivity contribution < 1.29 is 29.0 Å². The number of nitrogens with zero attached hydrogens (tertiary/aromatic N) is 3. The van der Waals surface area contributed by atoms with E-state index in [1.807, 2.05) is 0 Å². The molecule has 0 aliphatic rings. The summed E-state index contributed by atoms with van der Waals surface area (Å²) in [5.41, 5.74) is 5.49. The number of carbonyl (C=O) groups is 4. The Morgan fingerprint density at radius 2 is 1.87 bits per heavy atom. The van der Waals surface area contributed by atoms with Crippen molar-refractivity contribution >= 4 is 29.4 Å². The number of methoxy groups -OCH3 is 1. The van der Waals surface area contributed by atoms with Gasteiger partial charge in [0.2, 0.25) is 0 Å². The maximum Gasteiger partial charge on any atom is 0.354 e. The zero-order valence-electron chi connectivity index (χ0n) is 15.9. The highest BCUT2D eigenvalue weighted by atomic mass is 16.5. The number of rotatable bonds is 6. The highest BCUT2D eigenvalue weighted by Crippen LogP contribution is 2.16. The molecule has 0 saturated heterocycles. The minimum Gasteiger partial charge on any atom is -0.477 e. The molecule has 0 unspecified atom stereocenters. The van der Waals surface area contributed by atoms with E-state index in [0.717, 1.165) is 16.8 Å². The Kier molecular flexibility index (Phi) is 5.45. The van der Waals surface area contributed by atoms with E-state index in [1.54, 1.807) is 31.2 Å². The number of benzene rings is 1. The maximum absolute atomic E-state index is 12.7. The molecule has 2 aromatic heterocycles. The normalized spacial score (nSPS) is 11.7. The predicted octanol–water partition coefficient (Wildman–Crippen LogP) is 0.804. The quantitative estimate of drug-likeness (QED) is 0.501. The number of ether oxygens (including phenoxy) is 1. The first kappa shape index (κ1) is 20.5. The van der Waals surface area contributed by atoms with Crippen molar-refractivity contribution in [2.45, 2.75) is 13.0 Å². The number of esters is 1. The fourth-order valence-corrected chi connectivity index (χ4v) is 2.78. The number of primary amides is 1. The summed E-state index contributed by atoms with van der Waals surface area (Å²) in [5.74, 6) is -3.36. The monoisotopic (exact) mass is 411 g/mol. The molecule has 0 saturated carbocycles. The van der Waals surface area contributed by atoms with Gasteiger partial charge in [-0.1, -0.05) is 12.1 Å². The zero-order valence-corrected chi connectivity index (χ0v) is 15.9. The van der Waals surface area contributed by atoms with Crippen LogP contribution in [0.25, 0.3) is 5.65 Å². The number of aromatic carboxylic acids is 1. The van der Waals surface area contributed by atoms with E-state index < -0.39 is 29.8 Å². The van der Waals surface area contributed by atoms with Gasteiger partial charge in [0.05, 0.1) is 24.9 Å². The van der Waals surface area contributed by atoms with Crippen molar-refractivity contribution in [3.05, 3.63) is 64.6 Å². The van der Waals surface area contributed by atoms with Gasteiger partial charge >= 0.3 is 11.9 Å². The Labute approximate surface area is 169 Å². The van der Waals surface area contributed by atoms with Crippen molar-refractivity contribution in [2.24, 2.45) is 5.73 Å². The second kappa shape index (κ2) is 7.99. The second-order valence-electron chi connectivity index (χ2n) is 6.30. The van der Waals surface area contributed by atoms with Crippen molar-refractivity contribution in [3.63, 3.8) is 0 Å². The molecule has 1 aromatic carbocycles. The summed E-state index contributed by atoms with van der Waals surface area (Å²) >= 11 is 0. The van der Waals surface area contributed by atoms with Gasteiger partial charge < -0.3 is 20.9 Å². The topological polar surface area (TPSA) is 166 Å². The summed E-state index contributed by atoms with van der Waals surface area (Å²) in [6.45, 7) is 1.70. The van der Waals surface area contributed by atoms with Gasteiger partial charge in [-0.3, -0.25) is 9.59 Å². The van der Waals surface area contributed by atoms with Gasteiger partial charge in [-0.05, 0) is 24.6 Å². The molecule has 1 atom stereocenters. The molecular formula is C19H17N5O6. The molecular weight excluding hydrogens is 394 g/mol. The van der Waals surface area contributed by atoms with Crippen molar-refractivity contribution in [3.8, 4) is 0 Å². The second-order valence-corrected chi connectivity index (χ2v) is 6.30. The van der Waals surface area contributed by atoms with E-state index in [0.29, 0.717) is 11.1 Å². The first-order valence-electron chi connectivity index (χ1n) is 8.64. The first-order chi connectivity index (χ1) is 14.2. The molecule has 2 heterocycles. The van der Waals surface area contributed by atoms with E-state index in [1.165, 1.54) is 7.11 Å². The largest absolute Gasteiger partial charge is 0.477 e. The number of carbonyl (C=O) groups excluding carboxylic acids is 3. The highest BCUT2D eigenvalue weighted by molar-refractivity contribution is 6.01. The van der Waals surface area contributed by atoms with Gasteiger partial charge in [0, 0.05) is 6.07 Å². The van der Waals surface area contributed by atoms with Crippen LogP contribution in [0, 0.1) is 0 Å². The van der Waals surface area contributed by atoms with Gasteiger partial charge in [0.25, 0.3) is 11.8 Å². The van der Waals surface area contributed by atoms with Crippen LogP contribution < -0.4 is 11.1 Å². The molecule has 3 rings (SSSR count). The number of carboxylic acid groups (broad SMARTS) is 1. The summed E-state index contributed by atoms with van der Waals surface area (Å²) in [7, 11) is 1.28. The summed E-state index contributed by atoms with van der Waals surface area (Å²) in [5, 5.41) is 15.9. The molecule has 4 N–H and O–H groups in total. The van der Waals surface area contributed by atoms with E-state index in [-0.39, 0.29) is 22.6 Å². The minimum absolute atomic E-state index is 0.112. The van der Waals surface area contributed by atoms with Crippen LogP contribution in [0.2, 0.25) is 0 Å². The molecule has 0 radical (unpaired) electrons. The third-order valence-electron chi connectivity index (χ3n) is 4.37. The van der Waals surface area contributed by atoms with Crippen molar-refractivity contribution in [2.75, 3.05) is 7.11 Å². The van der Waals surface area contributed by atoms with Crippen LogP contribution in [0.15, 0.2) is 36.5 Å². The Morgan fingerprint density at radius 1 is 1.20 bits per heavy atom. The average Bonchev–Trinajstić information content (AvgIpc) is 3.16. The minimum atomic E-state index is -1.36. The van der Waals surface area contributed by atoms with Crippen LogP contribution >= 0.6 is 0 Å². The summed E-state index contributed by atoms with van der Waals surface area (Å²) in [6.07, 6.45) is 1.09. The van der Waals surface area contributed by atoms with Gasteiger partial charge in [-0.2, -0.15) is 5.10 Å². The molecule has 2 amide bonds. The SMILES string of the molecule is COC(=O)c1ccc([C@@H](C)NC(=O)c2cc(C(=O)O)n3ncc(C(N)=O)c3n2)cc1. The average molecular weight is 411 g/mol. The lowest BCUT2D eigenvalue weighted by atomic mass is 10.1. The van der Waals surface area contributed by atoms with Gasteiger partial charge in [0.1, 0.15) is 11.3 Å². The van der Waals surface area contributed by atoms with Gasteiger partial charge in [0.15, 0.2) is 11.3 Å². The Morgan fingerprint density at radius 3 is 2.43 bits per heavy atom. The van der Waals surface area contributed by atoms with Crippen LogP contribution in [0.1, 0.15) is 60.2 Å². The summed E-state index contributed by atoms with van der Waals surface area (Å²) in [6, 6.07) is 6.98. The van der Waals surface area contributed by atoms with Crippen LogP contribution in [-0.4, -0.2) is 50.6 Å². The predicted molar refractivity (Wildman–Crippen MR) is 102 cm³/mol.